The molecule has 12 nitrogen and oxygen atoms in total. The molecular weight excluding hydrogens is 1020 g/mol. The Morgan fingerprint density at radius 3 is 1.45 bits per heavy atom. The zero-order valence-electron chi connectivity index (χ0n) is 45.9. The number of halogens is 6. The lowest BCUT2D eigenvalue weighted by atomic mass is 9.85. The van der Waals surface area contributed by atoms with Crippen LogP contribution in [-0.4, -0.2) is 81.8 Å². The lowest BCUT2D eigenvalue weighted by Gasteiger charge is -2.38. The standard InChI is InChI=1S/C30H37F3N2O4.C30H33F3N2O4/c2*1-18(2)11-25(35-10-9-24(15-27(35)37)30(31,32)33)26(36)13-21(14-28(38)39-5)22-12-23(17-34-16-22)29-19(3)7-6-8-20(29)4/h6-8,12,16-18,21,24-25H,9-11,13-15H2,1-5H3;6-10,12,15-18,21,25H,11,13-14H2,1-5H3/t21-,24?,25-;21-,25-/m00/s1. The Morgan fingerprint density at radius 2 is 1.06 bits per heavy atom. The summed E-state index contributed by atoms with van der Waals surface area (Å²) >= 11 is 0. The number of likely N-dealkylation sites (tertiary alicyclic amines) is 1. The normalized spacial score (nSPS) is 15.5. The maximum absolute atomic E-state index is 13.7. The molecular formula is C60H70F6N4O8. The van der Waals surface area contributed by atoms with Crippen LogP contribution in [0.5, 0.6) is 0 Å². The molecule has 1 aliphatic heterocycles. The molecule has 1 aliphatic rings. The Morgan fingerprint density at radius 1 is 0.628 bits per heavy atom. The predicted octanol–water partition coefficient (Wildman–Crippen LogP) is 12.6. The van der Waals surface area contributed by atoms with Gasteiger partial charge in [0.15, 0.2) is 11.6 Å². The molecule has 0 saturated carbocycles. The van der Waals surface area contributed by atoms with Crippen LogP contribution in [0.3, 0.4) is 0 Å². The second kappa shape index (κ2) is 27.1. The van der Waals surface area contributed by atoms with Crippen molar-refractivity contribution in [2.45, 2.75) is 143 Å². The molecule has 0 bridgehead atoms. The van der Waals surface area contributed by atoms with E-state index in [4.69, 9.17) is 9.47 Å². The summed E-state index contributed by atoms with van der Waals surface area (Å²) in [5.41, 5.74) is 7.29. The van der Waals surface area contributed by atoms with Crippen molar-refractivity contribution in [1.29, 1.82) is 0 Å². The van der Waals surface area contributed by atoms with Gasteiger partial charge in [-0.15, -0.1) is 0 Å². The van der Waals surface area contributed by atoms with Crippen molar-refractivity contribution >= 4 is 29.4 Å². The summed E-state index contributed by atoms with van der Waals surface area (Å²) in [6.45, 7) is 15.4. The molecule has 1 fully saturated rings. The average Bonchev–Trinajstić information content (AvgIpc) is 3.37. The first kappa shape index (κ1) is 61.9. The number of amides is 1. The van der Waals surface area contributed by atoms with Crippen molar-refractivity contribution < 1.29 is 59.8 Å². The average molecular weight is 1090 g/mol. The first-order valence-electron chi connectivity index (χ1n) is 26.0. The minimum atomic E-state index is -4.67. The van der Waals surface area contributed by atoms with E-state index in [1.54, 1.807) is 24.8 Å². The summed E-state index contributed by atoms with van der Waals surface area (Å²) in [4.78, 5) is 87.7. The van der Waals surface area contributed by atoms with Gasteiger partial charge in [0.2, 0.25) is 5.91 Å². The molecule has 0 spiro atoms. The molecule has 420 valence electrons. The smallest absolute Gasteiger partial charge is 0.416 e. The molecule has 6 rings (SSSR count). The number of carbonyl (C=O) groups is 5. The van der Waals surface area contributed by atoms with Gasteiger partial charge in [0.25, 0.3) is 5.56 Å². The Bertz CT molecular complexity index is 2950. The van der Waals surface area contributed by atoms with Gasteiger partial charge in [-0.25, -0.2) is 0 Å². The second-order valence-corrected chi connectivity index (χ2v) is 21.1. The second-order valence-electron chi connectivity index (χ2n) is 21.1. The fourth-order valence-corrected chi connectivity index (χ4v) is 10.2. The van der Waals surface area contributed by atoms with E-state index in [1.165, 1.54) is 19.1 Å². The number of nitrogens with zero attached hydrogens (tertiary/aromatic N) is 4. The molecule has 5 aromatic rings. The molecule has 0 N–H and O–H groups in total. The molecule has 4 heterocycles. The third-order valence-corrected chi connectivity index (χ3v) is 14.2. The van der Waals surface area contributed by atoms with E-state index >= 15 is 0 Å². The Balaban J connectivity index is 0.000000287. The maximum atomic E-state index is 13.7. The predicted molar refractivity (Wildman–Crippen MR) is 284 cm³/mol. The lowest BCUT2D eigenvalue weighted by Crippen LogP contribution is -2.51. The van der Waals surface area contributed by atoms with Gasteiger partial charge >= 0.3 is 24.3 Å². The summed E-state index contributed by atoms with van der Waals surface area (Å²) in [5, 5.41) is 0. The highest BCUT2D eigenvalue weighted by Gasteiger charge is 2.46. The number of piperidine rings is 1. The van der Waals surface area contributed by atoms with Crippen molar-refractivity contribution in [2.75, 3.05) is 20.8 Å². The highest BCUT2D eigenvalue weighted by Crippen LogP contribution is 2.38. The Hall–Kier alpha value is -6.98. The fraction of sp³-hybridized carbons (Fsp3) is 0.467. The van der Waals surface area contributed by atoms with Crippen molar-refractivity contribution in [1.82, 2.24) is 19.4 Å². The van der Waals surface area contributed by atoms with Crippen LogP contribution in [0.4, 0.5) is 26.3 Å². The van der Waals surface area contributed by atoms with E-state index in [2.05, 4.69) is 9.97 Å². The van der Waals surface area contributed by atoms with E-state index in [1.807, 2.05) is 104 Å². The number of esters is 2. The number of alkyl halides is 6. The highest BCUT2D eigenvalue weighted by molar-refractivity contribution is 5.90. The molecule has 1 saturated heterocycles. The van der Waals surface area contributed by atoms with Gasteiger partial charge < -0.3 is 18.9 Å². The van der Waals surface area contributed by atoms with E-state index in [-0.39, 0.29) is 68.5 Å². The number of benzene rings is 2. The maximum Gasteiger partial charge on any atom is 0.416 e. The molecule has 0 radical (unpaired) electrons. The Kier molecular flexibility index (Phi) is 21.5. The number of pyridine rings is 3. The monoisotopic (exact) mass is 1090 g/mol. The number of methoxy groups -OCH3 is 2. The first-order chi connectivity index (χ1) is 36.6. The number of carbonyl (C=O) groups excluding carboxylic acids is 5. The third-order valence-electron chi connectivity index (χ3n) is 14.2. The molecule has 18 heteroatoms. The topological polar surface area (TPSA) is 155 Å². The summed E-state index contributed by atoms with van der Waals surface area (Å²) < 4.78 is 89.9. The minimum absolute atomic E-state index is 0.0266. The largest absolute Gasteiger partial charge is 0.469 e. The van der Waals surface area contributed by atoms with Gasteiger partial charge in [0, 0.05) is 85.8 Å². The quantitative estimate of drug-likeness (QED) is 0.0543. The molecule has 1 unspecified atom stereocenters. The summed E-state index contributed by atoms with van der Waals surface area (Å²) in [6, 6.07) is 15.2. The van der Waals surface area contributed by atoms with Crippen LogP contribution >= 0.6 is 0 Å². The fourth-order valence-electron chi connectivity index (χ4n) is 10.2. The number of rotatable bonds is 20. The van der Waals surface area contributed by atoms with Crippen molar-refractivity contribution in [3.63, 3.8) is 0 Å². The number of aryl methyl sites for hydroxylation is 4. The van der Waals surface area contributed by atoms with Crippen LogP contribution in [0.2, 0.25) is 0 Å². The summed E-state index contributed by atoms with van der Waals surface area (Å²) in [7, 11) is 2.54. The van der Waals surface area contributed by atoms with Gasteiger partial charge in [-0.2, -0.15) is 26.3 Å². The van der Waals surface area contributed by atoms with E-state index in [0.29, 0.717) is 23.6 Å². The number of ether oxygens (including phenoxy) is 2. The lowest BCUT2D eigenvalue weighted by molar-refractivity contribution is -0.191. The number of aromatic nitrogens is 3. The van der Waals surface area contributed by atoms with Crippen LogP contribution in [0.15, 0.2) is 96.4 Å². The zero-order chi connectivity index (χ0) is 57.8. The number of hydrogen-bond donors (Lipinski definition) is 0. The van der Waals surface area contributed by atoms with Crippen LogP contribution in [0.25, 0.3) is 22.3 Å². The van der Waals surface area contributed by atoms with E-state index in [0.717, 1.165) is 61.3 Å². The Labute approximate surface area is 452 Å². The summed E-state index contributed by atoms with van der Waals surface area (Å²) in [5.74, 6) is -5.19. The number of ketones is 2. The van der Waals surface area contributed by atoms with Gasteiger partial charge in [-0.3, -0.25) is 38.7 Å². The minimum Gasteiger partial charge on any atom is -0.469 e. The highest BCUT2D eigenvalue weighted by atomic mass is 19.4. The number of Topliss-reactive ketones (excluding diaryl/α,β-unsaturated/α-hetero) is 2. The van der Waals surface area contributed by atoms with Crippen molar-refractivity contribution in [3.8, 4) is 22.3 Å². The molecule has 1 amide bonds. The van der Waals surface area contributed by atoms with Crippen LogP contribution in [0.1, 0.15) is 136 Å². The molecule has 2 aromatic carbocycles. The summed E-state index contributed by atoms with van der Waals surface area (Å²) in [6.07, 6.45) is -2.10. The van der Waals surface area contributed by atoms with Crippen LogP contribution in [-0.2, 0) is 39.6 Å². The van der Waals surface area contributed by atoms with E-state index in [9.17, 15) is 55.1 Å². The third kappa shape index (κ3) is 16.5. The van der Waals surface area contributed by atoms with Crippen LogP contribution < -0.4 is 5.56 Å². The van der Waals surface area contributed by atoms with Crippen LogP contribution in [0, 0.1) is 45.4 Å². The molecule has 3 aromatic heterocycles. The zero-order valence-corrected chi connectivity index (χ0v) is 45.9. The first-order valence-corrected chi connectivity index (χ1v) is 26.0. The van der Waals surface area contributed by atoms with Gasteiger partial charge in [0.1, 0.15) is 0 Å². The van der Waals surface area contributed by atoms with Gasteiger partial charge in [-0.05, 0) is 121 Å². The SMILES string of the molecule is COC(=O)C[C@H](CC(=O)[C@H](CC(C)C)N1CCC(C(F)(F)F)CC1=O)c1cncc(-c2c(C)cccc2C)c1.COC(=O)C[C@H](CC(=O)[C@H](CC(C)C)n1ccc(C(F)(F)F)cc1=O)c1cncc(-c2c(C)cccc2C)c1. The van der Waals surface area contributed by atoms with Gasteiger partial charge in [0.05, 0.1) is 50.6 Å². The molecule has 0 aliphatic carbocycles. The number of hydrogen-bond acceptors (Lipinski definition) is 10. The van der Waals surface area contributed by atoms with Gasteiger partial charge in [-0.1, -0.05) is 64.1 Å². The molecule has 78 heavy (non-hydrogen) atoms. The van der Waals surface area contributed by atoms with E-state index < -0.39 is 77.6 Å². The van der Waals surface area contributed by atoms with Crippen molar-refractivity contribution in [2.24, 2.45) is 17.8 Å². The van der Waals surface area contributed by atoms with Crippen molar-refractivity contribution in [3.05, 3.63) is 141 Å². The molecule has 5 atom stereocenters.